The summed E-state index contributed by atoms with van der Waals surface area (Å²) in [5, 5.41) is 0. The summed E-state index contributed by atoms with van der Waals surface area (Å²) in [6.07, 6.45) is -2.60. The van der Waals surface area contributed by atoms with E-state index in [1.165, 1.54) is 24.4 Å². The molecule has 0 aliphatic carbocycles. The van der Waals surface area contributed by atoms with Crippen molar-refractivity contribution in [2.75, 3.05) is 13.3 Å². The Balaban J connectivity index is 1.49. The lowest BCUT2D eigenvalue weighted by Crippen LogP contribution is -2.27. The second-order valence-corrected chi connectivity index (χ2v) is 6.74. The van der Waals surface area contributed by atoms with Crippen LogP contribution in [0.1, 0.15) is 17.2 Å². The Hall–Kier alpha value is -3.49. The summed E-state index contributed by atoms with van der Waals surface area (Å²) in [5.41, 5.74) is 1.84. The van der Waals surface area contributed by atoms with Crippen LogP contribution in [0.2, 0.25) is 0 Å². The molecule has 9 heteroatoms. The number of hydrogen-bond acceptors (Lipinski definition) is 4. The summed E-state index contributed by atoms with van der Waals surface area (Å²) < 4.78 is 75.5. The molecule has 0 fully saturated rings. The molecule has 0 radical (unpaired) electrons. The quantitative estimate of drug-likeness (QED) is 0.482. The zero-order valence-corrected chi connectivity index (χ0v) is 15.9. The van der Waals surface area contributed by atoms with E-state index in [9.17, 15) is 22.0 Å². The van der Waals surface area contributed by atoms with Gasteiger partial charge in [0.15, 0.2) is 6.67 Å². The topological polar surface area (TPSA) is 43.7 Å². The molecule has 0 saturated carbocycles. The highest BCUT2D eigenvalue weighted by atomic mass is 19.3. The maximum Gasteiger partial charge on any atom is 0.428 e. The molecule has 1 aliphatic heterocycles. The second kappa shape index (κ2) is 8.33. The Bertz CT molecular complexity index is 1080. The van der Waals surface area contributed by atoms with Crippen molar-refractivity contribution in [1.82, 2.24) is 4.98 Å². The highest BCUT2D eigenvalue weighted by Crippen LogP contribution is 2.29. The van der Waals surface area contributed by atoms with E-state index in [2.05, 4.69) is 14.7 Å². The van der Waals surface area contributed by atoms with Gasteiger partial charge in [-0.1, -0.05) is 30.3 Å². The molecule has 2 heterocycles. The summed E-state index contributed by atoms with van der Waals surface area (Å²) in [7, 11) is 0. The Labute approximate surface area is 174 Å². The van der Waals surface area contributed by atoms with Gasteiger partial charge in [0.1, 0.15) is 29.8 Å². The highest BCUT2D eigenvalue weighted by Gasteiger charge is 2.32. The van der Waals surface area contributed by atoms with Gasteiger partial charge in [-0.3, -0.25) is 0 Å². The molecule has 0 spiro atoms. The molecule has 1 aromatic heterocycles. The van der Waals surface area contributed by atoms with Crippen molar-refractivity contribution in [1.29, 1.82) is 0 Å². The first-order valence-electron chi connectivity index (χ1n) is 9.20. The van der Waals surface area contributed by atoms with Crippen molar-refractivity contribution in [3.63, 3.8) is 0 Å². The summed E-state index contributed by atoms with van der Waals surface area (Å²) in [5.74, 6) is -1.99. The van der Waals surface area contributed by atoms with Crippen LogP contribution in [0.15, 0.2) is 65.8 Å². The number of rotatable bonds is 6. The van der Waals surface area contributed by atoms with E-state index in [0.717, 1.165) is 23.3 Å². The van der Waals surface area contributed by atoms with E-state index in [1.807, 2.05) is 0 Å². The number of benzene rings is 2. The molecule has 1 aliphatic rings. The molecule has 1 unspecified atom stereocenters. The van der Waals surface area contributed by atoms with Gasteiger partial charge in [-0.05, 0) is 29.3 Å². The zero-order chi connectivity index (χ0) is 22.0. The predicted octanol–water partition coefficient (Wildman–Crippen LogP) is 5.49. The Morgan fingerprint density at radius 1 is 0.968 bits per heavy atom. The van der Waals surface area contributed by atoms with E-state index < -0.39 is 36.3 Å². The third-order valence-electron chi connectivity index (χ3n) is 4.60. The van der Waals surface area contributed by atoms with E-state index in [1.54, 1.807) is 24.3 Å². The number of hydrogen-bond donors (Lipinski definition) is 0. The lowest BCUT2D eigenvalue weighted by molar-refractivity contribution is -0.188. The average Bonchev–Trinajstić information content (AvgIpc) is 3.24. The number of pyridine rings is 1. The molecular weight excluding hydrogens is 419 g/mol. The van der Waals surface area contributed by atoms with Gasteiger partial charge >= 0.3 is 6.11 Å². The number of aliphatic imine (C=N–C) groups is 1. The van der Waals surface area contributed by atoms with Crippen LogP contribution in [0.25, 0.3) is 11.1 Å². The fourth-order valence-electron chi connectivity index (χ4n) is 3.07. The van der Waals surface area contributed by atoms with Crippen LogP contribution in [0.4, 0.5) is 22.0 Å². The van der Waals surface area contributed by atoms with Crippen molar-refractivity contribution in [2.24, 2.45) is 4.99 Å². The number of halogens is 5. The molecule has 0 saturated heterocycles. The van der Waals surface area contributed by atoms with Crippen LogP contribution in [0.5, 0.6) is 5.88 Å². The highest BCUT2D eigenvalue weighted by molar-refractivity contribution is 5.95. The third-order valence-corrected chi connectivity index (χ3v) is 4.60. The lowest BCUT2D eigenvalue weighted by Gasteiger charge is -2.13. The smallest absolute Gasteiger partial charge is 0.428 e. The van der Waals surface area contributed by atoms with Crippen LogP contribution < -0.4 is 4.74 Å². The molecule has 160 valence electrons. The van der Waals surface area contributed by atoms with Crippen LogP contribution >= 0.6 is 0 Å². The Morgan fingerprint density at radius 2 is 1.65 bits per heavy atom. The SMILES string of the molecule is FCC(F)(F)Oc1ccc(-c2ccc(C3COC(c4c(F)cccc4F)=N3)cc2)cn1. The van der Waals surface area contributed by atoms with Gasteiger partial charge in [0.2, 0.25) is 11.8 Å². The lowest BCUT2D eigenvalue weighted by atomic mass is 10.0. The number of ether oxygens (including phenoxy) is 2. The zero-order valence-electron chi connectivity index (χ0n) is 15.9. The van der Waals surface area contributed by atoms with Crippen molar-refractivity contribution in [3.8, 4) is 17.0 Å². The molecule has 31 heavy (non-hydrogen) atoms. The molecule has 4 rings (SSSR count). The van der Waals surface area contributed by atoms with E-state index in [4.69, 9.17) is 4.74 Å². The summed E-state index contributed by atoms with van der Waals surface area (Å²) >= 11 is 0. The van der Waals surface area contributed by atoms with Gasteiger partial charge < -0.3 is 9.47 Å². The third kappa shape index (κ3) is 4.50. The van der Waals surface area contributed by atoms with Gasteiger partial charge in [-0.25, -0.2) is 23.1 Å². The normalized spacial score (nSPS) is 16.0. The molecule has 0 bridgehead atoms. The summed E-state index contributed by atoms with van der Waals surface area (Å²) in [4.78, 5) is 8.06. The van der Waals surface area contributed by atoms with Crippen molar-refractivity contribution >= 4 is 5.90 Å². The maximum atomic E-state index is 13.9. The first-order chi connectivity index (χ1) is 14.9. The number of alkyl halides is 3. The van der Waals surface area contributed by atoms with Crippen molar-refractivity contribution < 1.29 is 31.4 Å². The van der Waals surface area contributed by atoms with Gasteiger partial charge in [-0.2, -0.15) is 8.78 Å². The van der Waals surface area contributed by atoms with Gasteiger partial charge in [0.05, 0.1) is 0 Å². The van der Waals surface area contributed by atoms with Crippen molar-refractivity contribution in [2.45, 2.75) is 12.2 Å². The van der Waals surface area contributed by atoms with Crippen LogP contribution in [-0.2, 0) is 4.74 Å². The fraction of sp³-hybridized carbons (Fsp3) is 0.182. The minimum Gasteiger partial charge on any atom is -0.475 e. The van der Waals surface area contributed by atoms with E-state index >= 15 is 0 Å². The van der Waals surface area contributed by atoms with Crippen molar-refractivity contribution in [3.05, 3.63) is 83.6 Å². The summed E-state index contributed by atoms with van der Waals surface area (Å²) in [6.45, 7) is -1.81. The van der Waals surface area contributed by atoms with Gasteiger partial charge in [-0.15, -0.1) is 0 Å². The largest absolute Gasteiger partial charge is 0.475 e. The molecule has 3 aromatic rings. The standard InChI is InChI=1S/C22H15F5N2O2/c23-12-22(26,27)31-19-9-8-15(10-28-19)13-4-6-14(7-5-13)18-11-30-21(29-18)20-16(24)2-1-3-17(20)25/h1-10,18H,11-12H2. The average molecular weight is 434 g/mol. The first-order valence-corrected chi connectivity index (χ1v) is 9.20. The number of aromatic nitrogens is 1. The molecule has 0 N–H and O–H groups in total. The number of nitrogens with zero attached hydrogens (tertiary/aromatic N) is 2. The monoisotopic (exact) mass is 434 g/mol. The Kier molecular flexibility index (Phi) is 5.58. The Morgan fingerprint density at radius 3 is 2.26 bits per heavy atom. The first kappa shape index (κ1) is 20.8. The molecular formula is C22H15F5N2O2. The molecule has 0 amide bonds. The van der Waals surface area contributed by atoms with Crippen LogP contribution in [-0.4, -0.2) is 30.3 Å². The second-order valence-electron chi connectivity index (χ2n) is 6.74. The maximum absolute atomic E-state index is 13.9. The fourth-order valence-corrected chi connectivity index (χ4v) is 3.07. The molecule has 1 atom stereocenters. The summed E-state index contributed by atoms with van der Waals surface area (Å²) in [6, 6.07) is 12.9. The van der Waals surface area contributed by atoms with Crippen LogP contribution in [0.3, 0.4) is 0 Å². The minimum absolute atomic E-state index is 0.0884. The minimum atomic E-state index is -3.93. The van der Waals surface area contributed by atoms with E-state index in [-0.39, 0.29) is 18.1 Å². The predicted molar refractivity (Wildman–Crippen MR) is 103 cm³/mol. The van der Waals surface area contributed by atoms with Gasteiger partial charge in [0, 0.05) is 17.8 Å². The van der Waals surface area contributed by atoms with E-state index in [0.29, 0.717) is 5.56 Å². The molecule has 2 aromatic carbocycles. The van der Waals surface area contributed by atoms with Crippen LogP contribution in [0, 0.1) is 11.6 Å². The van der Waals surface area contributed by atoms with Gasteiger partial charge in [0.25, 0.3) is 0 Å². The molecule has 4 nitrogen and oxygen atoms in total.